The van der Waals surface area contributed by atoms with E-state index in [0.717, 1.165) is 41.9 Å². The molecule has 1 saturated heterocycles. The van der Waals surface area contributed by atoms with Gasteiger partial charge >= 0.3 is 0 Å². The van der Waals surface area contributed by atoms with Gasteiger partial charge in [0.15, 0.2) is 6.61 Å². The van der Waals surface area contributed by atoms with E-state index in [1.54, 1.807) is 0 Å². The number of aromatic nitrogens is 2. The third-order valence-electron chi connectivity index (χ3n) is 5.21. The molecule has 31 heavy (non-hydrogen) atoms. The highest BCUT2D eigenvalue weighted by Crippen LogP contribution is 2.32. The number of aliphatic hydroxyl groups is 1. The van der Waals surface area contributed by atoms with E-state index < -0.39 is 0 Å². The molecule has 7 nitrogen and oxygen atoms in total. The van der Waals surface area contributed by atoms with Gasteiger partial charge in [0.25, 0.3) is 5.89 Å². The van der Waals surface area contributed by atoms with Crippen LogP contribution in [0.2, 0.25) is 5.02 Å². The normalized spacial score (nSPS) is 16.2. The molecule has 1 aliphatic heterocycles. The number of ether oxygens (including phenoxy) is 2. The zero-order valence-corrected chi connectivity index (χ0v) is 18.2. The molecular formula is C23H26ClN3O4. The van der Waals surface area contributed by atoms with Crippen LogP contribution in [0.5, 0.6) is 5.75 Å². The predicted molar refractivity (Wildman–Crippen MR) is 117 cm³/mol. The average Bonchev–Trinajstić information content (AvgIpc) is 3.45. The summed E-state index contributed by atoms with van der Waals surface area (Å²) in [6, 6.07) is 13.7. The van der Waals surface area contributed by atoms with E-state index in [1.165, 1.54) is 0 Å². The summed E-state index contributed by atoms with van der Waals surface area (Å²) >= 11 is 6.39. The van der Waals surface area contributed by atoms with Crippen LogP contribution in [0.1, 0.15) is 36.2 Å². The topological polar surface area (TPSA) is 80.9 Å². The second kappa shape index (κ2) is 10.2. The van der Waals surface area contributed by atoms with Crippen LogP contribution in [0.4, 0.5) is 0 Å². The average molecular weight is 444 g/mol. The number of hydrogen-bond donors (Lipinski definition) is 1. The van der Waals surface area contributed by atoms with Gasteiger partial charge in [0, 0.05) is 35.8 Å². The Labute approximate surface area is 186 Å². The lowest BCUT2D eigenvalue weighted by molar-refractivity contribution is 0.0835. The molecule has 0 saturated carbocycles. The van der Waals surface area contributed by atoms with Crippen LogP contribution < -0.4 is 4.74 Å². The van der Waals surface area contributed by atoms with Gasteiger partial charge in [-0.15, -0.1) is 0 Å². The largest absolute Gasteiger partial charge is 0.485 e. The smallest absolute Gasteiger partial charge is 0.255 e. The molecule has 1 aromatic heterocycles. The van der Waals surface area contributed by atoms with E-state index in [0.29, 0.717) is 29.8 Å². The van der Waals surface area contributed by atoms with E-state index in [1.807, 2.05) is 48.3 Å². The zero-order valence-electron chi connectivity index (χ0n) is 17.5. The maximum atomic E-state index is 9.27. The Morgan fingerprint density at radius 2 is 2.13 bits per heavy atom. The number of benzene rings is 2. The first-order chi connectivity index (χ1) is 15.1. The fourth-order valence-corrected chi connectivity index (χ4v) is 3.86. The Morgan fingerprint density at radius 3 is 2.90 bits per heavy atom. The molecule has 1 N–H and O–H groups in total. The lowest BCUT2D eigenvalue weighted by Gasteiger charge is -2.19. The maximum Gasteiger partial charge on any atom is 0.255 e. The van der Waals surface area contributed by atoms with Crippen LogP contribution in [-0.2, 0) is 17.9 Å². The van der Waals surface area contributed by atoms with E-state index in [2.05, 4.69) is 16.2 Å². The lowest BCUT2D eigenvalue weighted by Crippen LogP contribution is -2.22. The van der Waals surface area contributed by atoms with Crippen LogP contribution in [-0.4, -0.2) is 47.0 Å². The molecule has 8 heteroatoms. The van der Waals surface area contributed by atoms with Crippen LogP contribution in [0, 0.1) is 0 Å². The quantitative estimate of drug-likeness (QED) is 0.529. The van der Waals surface area contributed by atoms with Gasteiger partial charge in [-0.25, -0.2) is 0 Å². The second-order valence-corrected chi connectivity index (χ2v) is 8.01. The molecule has 164 valence electrons. The lowest BCUT2D eigenvalue weighted by atomic mass is 10.0. The molecule has 0 spiro atoms. The minimum Gasteiger partial charge on any atom is -0.485 e. The van der Waals surface area contributed by atoms with Crippen molar-refractivity contribution in [1.82, 2.24) is 15.0 Å². The zero-order chi connectivity index (χ0) is 21.6. The predicted octanol–water partition coefficient (Wildman–Crippen LogP) is 4.24. The molecular weight excluding hydrogens is 418 g/mol. The molecule has 1 atom stereocenters. The molecule has 1 aliphatic rings. The van der Waals surface area contributed by atoms with E-state index in [9.17, 15) is 5.11 Å². The van der Waals surface area contributed by atoms with Crippen molar-refractivity contribution in [2.45, 2.75) is 32.1 Å². The molecule has 3 aromatic rings. The number of nitrogens with zero attached hydrogens (tertiary/aromatic N) is 3. The van der Waals surface area contributed by atoms with Crippen LogP contribution in [0.25, 0.3) is 11.1 Å². The number of hydrogen-bond acceptors (Lipinski definition) is 7. The molecule has 1 fully saturated rings. The summed E-state index contributed by atoms with van der Waals surface area (Å²) in [7, 11) is 1.95. The monoisotopic (exact) mass is 443 g/mol. The first-order valence-corrected chi connectivity index (χ1v) is 10.8. The standard InChI is InChI=1S/C23H26ClN3O4/c1-27(10-11-28)14-17-13-16(18-5-2-3-6-19(18)24)8-9-20(17)30-15-22-25-23(31-26-22)21-7-4-12-29-21/h2-3,5-6,8-9,13,21,28H,4,7,10-12,14-15H2,1H3. The molecule has 0 radical (unpaired) electrons. The van der Waals surface area contributed by atoms with E-state index >= 15 is 0 Å². The van der Waals surface area contributed by atoms with Crippen molar-refractivity contribution in [3.05, 3.63) is 64.8 Å². The summed E-state index contributed by atoms with van der Waals surface area (Å²) in [5, 5.41) is 14.0. The minimum absolute atomic E-state index is 0.0891. The molecule has 4 rings (SSSR count). The van der Waals surface area contributed by atoms with Crippen molar-refractivity contribution in [3.8, 4) is 16.9 Å². The highest BCUT2D eigenvalue weighted by Gasteiger charge is 2.24. The Hall–Kier alpha value is -2.45. The van der Waals surface area contributed by atoms with Gasteiger partial charge < -0.3 is 19.1 Å². The van der Waals surface area contributed by atoms with Gasteiger partial charge in [0.05, 0.1) is 6.61 Å². The Kier molecular flexibility index (Phi) is 7.19. The summed E-state index contributed by atoms with van der Waals surface area (Å²) in [6.07, 6.45) is 1.79. The maximum absolute atomic E-state index is 9.27. The number of rotatable bonds is 9. The molecule has 2 aromatic carbocycles. The number of aliphatic hydroxyl groups excluding tert-OH is 1. The Morgan fingerprint density at radius 1 is 1.26 bits per heavy atom. The van der Waals surface area contributed by atoms with Crippen LogP contribution in [0.3, 0.4) is 0 Å². The van der Waals surface area contributed by atoms with Crippen molar-refractivity contribution in [1.29, 1.82) is 0 Å². The first-order valence-electron chi connectivity index (χ1n) is 10.4. The molecule has 1 unspecified atom stereocenters. The fraction of sp³-hybridized carbons (Fsp3) is 0.391. The van der Waals surface area contributed by atoms with Crippen molar-refractivity contribution in [2.75, 3.05) is 26.8 Å². The summed E-state index contributed by atoms with van der Waals surface area (Å²) in [5.41, 5.74) is 2.95. The van der Waals surface area contributed by atoms with Crippen molar-refractivity contribution < 1.29 is 19.1 Å². The Balaban J connectivity index is 1.53. The van der Waals surface area contributed by atoms with E-state index in [4.69, 9.17) is 25.6 Å². The summed E-state index contributed by atoms with van der Waals surface area (Å²) in [5.74, 6) is 1.72. The second-order valence-electron chi connectivity index (χ2n) is 7.60. The van der Waals surface area contributed by atoms with Gasteiger partial charge in [0.2, 0.25) is 5.82 Å². The van der Waals surface area contributed by atoms with Crippen LogP contribution >= 0.6 is 11.6 Å². The third-order valence-corrected chi connectivity index (χ3v) is 5.54. The van der Waals surface area contributed by atoms with Gasteiger partial charge in [-0.05, 0) is 43.7 Å². The van der Waals surface area contributed by atoms with Gasteiger partial charge in [-0.3, -0.25) is 4.90 Å². The highest BCUT2D eigenvalue weighted by atomic mass is 35.5. The molecule has 0 bridgehead atoms. The summed E-state index contributed by atoms with van der Waals surface area (Å²) < 4.78 is 17.0. The fourth-order valence-electron chi connectivity index (χ4n) is 3.62. The van der Waals surface area contributed by atoms with Crippen LogP contribution in [0.15, 0.2) is 47.0 Å². The van der Waals surface area contributed by atoms with Gasteiger partial charge in [0.1, 0.15) is 11.9 Å². The third kappa shape index (κ3) is 5.43. The number of halogens is 1. The molecule has 0 amide bonds. The van der Waals surface area contributed by atoms with Crippen molar-refractivity contribution >= 4 is 11.6 Å². The van der Waals surface area contributed by atoms with Crippen molar-refractivity contribution in [3.63, 3.8) is 0 Å². The SMILES string of the molecule is CN(CCO)Cc1cc(-c2ccccc2Cl)ccc1OCc1noc(C2CCCO2)n1. The van der Waals surface area contributed by atoms with Gasteiger partial charge in [-0.2, -0.15) is 4.98 Å². The minimum atomic E-state index is -0.112. The van der Waals surface area contributed by atoms with Crippen molar-refractivity contribution in [2.24, 2.45) is 0 Å². The highest BCUT2D eigenvalue weighted by molar-refractivity contribution is 6.33. The Bertz CT molecular complexity index is 1000. The summed E-state index contributed by atoms with van der Waals surface area (Å²) in [4.78, 5) is 6.45. The summed E-state index contributed by atoms with van der Waals surface area (Å²) in [6.45, 7) is 2.18. The molecule has 2 heterocycles. The van der Waals surface area contributed by atoms with E-state index in [-0.39, 0.29) is 19.3 Å². The number of likely N-dealkylation sites (N-methyl/N-ethyl adjacent to an activating group) is 1. The van der Waals surface area contributed by atoms with Gasteiger partial charge in [-0.1, -0.05) is 41.0 Å². The molecule has 0 aliphatic carbocycles. The first kappa shape index (κ1) is 21.8.